The third-order valence-electron chi connectivity index (χ3n) is 4.15. The molecule has 0 atom stereocenters. The van der Waals surface area contributed by atoms with E-state index < -0.39 is 0 Å². The predicted octanol–water partition coefficient (Wildman–Crippen LogP) is 3.20. The predicted molar refractivity (Wildman–Crippen MR) is 85.2 cm³/mol. The van der Waals surface area contributed by atoms with Crippen molar-refractivity contribution in [2.45, 2.75) is 44.6 Å². The second-order valence-electron chi connectivity index (χ2n) is 5.77. The number of nitrogens with one attached hydrogen (secondary N) is 1. The highest BCUT2D eigenvalue weighted by atomic mass is 16.5. The number of methoxy groups -OCH3 is 1. The van der Waals surface area contributed by atoms with Gasteiger partial charge in [-0.05, 0) is 25.0 Å². The molecule has 1 amide bonds. The second-order valence-corrected chi connectivity index (χ2v) is 5.77. The first kappa shape index (κ1) is 15.5. The Labute approximate surface area is 135 Å². The van der Waals surface area contributed by atoms with Crippen molar-refractivity contribution < 1.29 is 13.9 Å². The minimum Gasteiger partial charge on any atom is -0.496 e. The van der Waals surface area contributed by atoms with Crippen LogP contribution in [0.25, 0.3) is 11.5 Å². The van der Waals surface area contributed by atoms with Gasteiger partial charge in [-0.2, -0.15) is 0 Å². The van der Waals surface area contributed by atoms with Crippen LogP contribution in [0.5, 0.6) is 5.75 Å². The maximum Gasteiger partial charge on any atom is 0.309 e. The average molecular weight is 315 g/mol. The van der Waals surface area contributed by atoms with Crippen LogP contribution in [0.3, 0.4) is 0 Å². The first-order valence-electron chi connectivity index (χ1n) is 8.05. The SMILES string of the molecule is COc1ccccc1-c1nnc(C(=O)NC2CCCCCC2)o1. The lowest BCUT2D eigenvalue weighted by Gasteiger charge is -2.14. The molecule has 6 heteroatoms. The maximum atomic E-state index is 12.3. The van der Waals surface area contributed by atoms with Crippen molar-refractivity contribution in [3.63, 3.8) is 0 Å². The lowest BCUT2D eigenvalue weighted by molar-refractivity contribution is 0.0899. The molecule has 0 spiro atoms. The normalized spacial score (nSPS) is 15.9. The third kappa shape index (κ3) is 3.70. The summed E-state index contributed by atoms with van der Waals surface area (Å²) in [4.78, 5) is 12.3. The Balaban J connectivity index is 1.72. The molecule has 0 radical (unpaired) electrons. The summed E-state index contributed by atoms with van der Waals surface area (Å²) in [6.07, 6.45) is 6.82. The van der Waals surface area contributed by atoms with Crippen molar-refractivity contribution in [3.8, 4) is 17.2 Å². The van der Waals surface area contributed by atoms with Gasteiger partial charge in [0.25, 0.3) is 5.89 Å². The van der Waals surface area contributed by atoms with Crippen LogP contribution in [0.15, 0.2) is 28.7 Å². The summed E-state index contributed by atoms with van der Waals surface area (Å²) in [5, 5.41) is 10.8. The second kappa shape index (κ2) is 7.26. The fourth-order valence-corrected chi connectivity index (χ4v) is 2.92. The van der Waals surface area contributed by atoms with Crippen molar-refractivity contribution in [2.75, 3.05) is 7.11 Å². The van der Waals surface area contributed by atoms with Crippen LogP contribution in [0.1, 0.15) is 49.2 Å². The molecule has 1 saturated carbocycles. The highest BCUT2D eigenvalue weighted by molar-refractivity contribution is 5.90. The maximum absolute atomic E-state index is 12.3. The number of hydrogen-bond donors (Lipinski definition) is 1. The van der Waals surface area contributed by atoms with E-state index in [1.54, 1.807) is 7.11 Å². The van der Waals surface area contributed by atoms with Gasteiger partial charge >= 0.3 is 11.8 Å². The van der Waals surface area contributed by atoms with Crippen LogP contribution in [0, 0.1) is 0 Å². The fraction of sp³-hybridized carbons (Fsp3) is 0.471. The number of para-hydroxylation sites is 1. The van der Waals surface area contributed by atoms with Crippen molar-refractivity contribution >= 4 is 5.91 Å². The van der Waals surface area contributed by atoms with Gasteiger partial charge in [0.15, 0.2) is 0 Å². The van der Waals surface area contributed by atoms with Crippen LogP contribution in [-0.4, -0.2) is 29.3 Å². The summed E-state index contributed by atoms with van der Waals surface area (Å²) in [6.45, 7) is 0. The Morgan fingerprint density at radius 1 is 1.17 bits per heavy atom. The molecule has 2 aromatic rings. The molecule has 1 aliphatic carbocycles. The minimum absolute atomic E-state index is 0.00449. The van der Waals surface area contributed by atoms with E-state index in [2.05, 4.69) is 15.5 Å². The van der Waals surface area contributed by atoms with Crippen LogP contribution in [0.4, 0.5) is 0 Å². The lowest BCUT2D eigenvalue weighted by atomic mass is 10.1. The van der Waals surface area contributed by atoms with Gasteiger partial charge in [0.1, 0.15) is 5.75 Å². The Kier molecular flexibility index (Phi) is 4.90. The van der Waals surface area contributed by atoms with Gasteiger partial charge in [-0.15, -0.1) is 10.2 Å². The van der Waals surface area contributed by atoms with E-state index in [1.807, 2.05) is 24.3 Å². The van der Waals surface area contributed by atoms with E-state index >= 15 is 0 Å². The number of benzene rings is 1. The number of carbonyl (C=O) groups is 1. The van der Waals surface area contributed by atoms with E-state index in [9.17, 15) is 4.79 Å². The van der Waals surface area contributed by atoms with Gasteiger partial charge in [-0.1, -0.05) is 37.8 Å². The number of nitrogens with zero attached hydrogens (tertiary/aromatic N) is 2. The molecule has 1 N–H and O–H groups in total. The van der Waals surface area contributed by atoms with Crippen molar-refractivity contribution in [1.82, 2.24) is 15.5 Å². The first-order chi connectivity index (χ1) is 11.3. The minimum atomic E-state index is -0.300. The smallest absolute Gasteiger partial charge is 0.309 e. The molecule has 122 valence electrons. The van der Waals surface area contributed by atoms with Gasteiger partial charge in [0.05, 0.1) is 12.7 Å². The van der Waals surface area contributed by atoms with Gasteiger partial charge < -0.3 is 14.5 Å². The molecule has 1 fully saturated rings. The highest BCUT2D eigenvalue weighted by Gasteiger charge is 2.21. The van der Waals surface area contributed by atoms with E-state index in [1.165, 1.54) is 12.8 Å². The third-order valence-corrected chi connectivity index (χ3v) is 4.15. The van der Waals surface area contributed by atoms with E-state index in [-0.39, 0.29) is 23.7 Å². The standard InChI is InChI=1S/C17H21N3O3/c1-22-14-11-7-6-10-13(14)16-19-20-17(23-16)15(21)18-12-8-4-2-3-5-9-12/h6-7,10-12H,2-5,8-9H2,1H3,(H,18,21). The summed E-state index contributed by atoms with van der Waals surface area (Å²) < 4.78 is 10.8. The summed E-state index contributed by atoms with van der Waals surface area (Å²) in [7, 11) is 1.58. The van der Waals surface area contributed by atoms with Crippen LogP contribution < -0.4 is 10.1 Å². The molecule has 1 aliphatic rings. The number of aromatic nitrogens is 2. The Bertz CT molecular complexity index is 661. The van der Waals surface area contributed by atoms with E-state index in [4.69, 9.17) is 9.15 Å². The molecule has 23 heavy (non-hydrogen) atoms. The molecule has 0 aliphatic heterocycles. The molecular formula is C17H21N3O3. The number of ether oxygens (including phenoxy) is 1. The first-order valence-corrected chi connectivity index (χ1v) is 8.05. The zero-order valence-electron chi connectivity index (χ0n) is 13.2. The molecular weight excluding hydrogens is 294 g/mol. The zero-order valence-corrected chi connectivity index (χ0v) is 13.2. The summed E-state index contributed by atoms with van der Waals surface area (Å²) in [6, 6.07) is 7.54. The van der Waals surface area contributed by atoms with E-state index in [0.29, 0.717) is 11.3 Å². The van der Waals surface area contributed by atoms with Gasteiger partial charge in [0, 0.05) is 6.04 Å². The van der Waals surface area contributed by atoms with Gasteiger partial charge in [-0.25, -0.2) is 0 Å². The van der Waals surface area contributed by atoms with Crippen molar-refractivity contribution in [3.05, 3.63) is 30.2 Å². The highest BCUT2D eigenvalue weighted by Crippen LogP contribution is 2.28. The molecule has 0 bridgehead atoms. The van der Waals surface area contributed by atoms with Crippen molar-refractivity contribution in [1.29, 1.82) is 0 Å². The van der Waals surface area contributed by atoms with Crippen molar-refractivity contribution in [2.24, 2.45) is 0 Å². The summed E-state index contributed by atoms with van der Waals surface area (Å²) in [5.74, 6) is 0.612. The molecule has 6 nitrogen and oxygen atoms in total. The Morgan fingerprint density at radius 3 is 2.65 bits per heavy atom. The number of carbonyl (C=O) groups excluding carboxylic acids is 1. The van der Waals surface area contributed by atoms with Crippen LogP contribution in [0.2, 0.25) is 0 Å². The molecule has 1 aromatic heterocycles. The average Bonchev–Trinajstić information content (AvgIpc) is 2.94. The van der Waals surface area contributed by atoms with Gasteiger partial charge in [0.2, 0.25) is 0 Å². The summed E-state index contributed by atoms with van der Waals surface area (Å²) in [5.41, 5.74) is 0.677. The molecule has 1 aromatic carbocycles. The molecule has 0 saturated heterocycles. The largest absolute Gasteiger partial charge is 0.496 e. The molecule has 1 heterocycles. The number of amides is 1. The Hall–Kier alpha value is -2.37. The van der Waals surface area contributed by atoms with Crippen LogP contribution >= 0.6 is 0 Å². The number of hydrogen-bond acceptors (Lipinski definition) is 5. The number of rotatable bonds is 4. The quantitative estimate of drug-likeness (QED) is 0.877. The van der Waals surface area contributed by atoms with E-state index in [0.717, 1.165) is 25.7 Å². The Morgan fingerprint density at radius 2 is 1.91 bits per heavy atom. The van der Waals surface area contributed by atoms with Gasteiger partial charge in [-0.3, -0.25) is 4.79 Å². The monoisotopic (exact) mass is 315 g/mol. The zero-order chi connectivity index (χ0) is 16.1. The topological polar surface area (TPSA) is 77.2 Å². The summed E-state index contributed by atoms with van der Waals surface area (Å²) >= 11 is 0. The lowest BCUT2D eigenvalue weighted by Crippen LogP contribution is -2.34. The molecule has 0 unspecified atom stereocenters. The molecule has 3 rings (SSSR count). The van der Waals surface area contributed by atoms with Crippen LogP contribution in [-0.2, 0) is 0 Å². The fourth-order valence-electron chi connectivity index (χ4n) is 2.92.